The van der Waals surface area contributed by atoms with E-state index in [9.17, 15) is 53.1 Å². The Labute approximate surface area is 335 Å². The van der Waals surface area contributed by atoms with Crippen LogP contribution in [0.1, 0.15) is 71.3 Å². The fraction of sp³-hybridized carbons (Fsp3) is 0.526. The van der Waals surface area contributed by atoms with Crippen LogP contribution in [0.2, 0.25) is 0 Å². The van der Waals surface area contributed by atoms with Gasteiger partial charge in [0.1, 0.15) is 30.2 Å². The third-order valence-electron chi connectivity index (χ3n) is 9.21. The second-order valence-corrected chi connectivity index (χ2v) is 14.3. The Hall–Kier alpha value is -6.34. The molecule has 20 heteroatoms. The van der Waals surface area contributed by atoms with Crippen molar-refractivity contribution in [3.8, 4) is 0 Å². The number of carbonyl (C=O) groups excluding carboxylic acids is 9. The maximum absolute atomic E-state index is 13.6. The molecule has 1 saturated carbocycles. The van der Waals surface area contributed by atoms with Crippen LogP contribution in [0, 0.1) is 11.8 Å². The number of rotatable bonds is 23. The van der Waals surface area contributed by atoms with Gasteiger partial charge in [-0.15, -0.1) is 0 Å². The monoisotopic (exact) mass is 813 g/mol. The van der Waals surface area contributed by atoms with Gasteiger partial charge in [-0.3, -0.25) is 43.2 Å². The Balaban J connectivity index is 1.99. The van der Waals surface area contributed by atoms with Crippen molar-refractivity contribution >= 4 is 59.1 Å². The highest BCUT2D eigenvalue weighted by Crippen LogP contribution is 2.27. The molecule has 0 heterocycles. The first kappa shape index (κ1) is 47.8. The molecule has 58 heavy (non-hydrogen) atoms. The zero-order valence-corrected chi connectivity index (χ0v) is 32.8. The summed E-state index contributed by atoms with van der Waals surface area (Å²) in [6, 6.07) is 2.73. The lowest BCUT2D eigenvalue weighted by molar-refractivity contribution is -0.141. The highest BCUT2D eigenvalue weighted by molar-refractivity contribution is 6.00. The van der Waals surface area contributed by atoms with Gasteiger partial charge in [0.15, 0.2) is 0 Å². The number of hydrogen-bond acceptors (Lipinski definition) is 10. The lowest BCUT2D eigenvalue weighted by Gasteiger charge is -2.32. The van der Waals surface area contributed by atoms with Gasteiger partial charge in [0.05, 0.1) is 13.1 Å². The Morgan fingerprint density at radius 1 is 0.707 bits per heavy atom. The summed E-state index contributed by atoms with van der Waals surface area (Å²) in [5, 5.41) is 26.3. The van der Waals surface area contributed by atoms with E-state index in [-0.39, 0.29) is 31.1 Å². The highest BCUT2D eigenvalue weighted by Gasteiger charge is 2.35. The summed E-state index contributed by atoms with van der Waals surface area (Å²) in [6.07, 6.45) is 4.61. The number of nitrogens with two attached hydrogens (primary N) is 2. The summed E-state index contributed by atoms with van der Waals surface area (Å²) in [6.45, 7) is 3.60. The van der Waals surface area contributed by atoms with Crippen LogP contribution in [-0.2, 0) is 54.4 Å². The van der Waals surface area contributed by atoms with Gasteiger partial charge in [-0.05, 0) is 43.6 Å². The van der Waals surface area contributed by atoms with Crippen molar-refractivity contribution in [2.45, 2.75) is 102 Å². The minimum absolute atomic E-state index is 0.0159. The standard InChI is InChI=1S/C38H55N9O11/c1-21(2)32(34(40)53)46-35(54)22(3)43-37(56)33(24-12-8-5-9-13-24)47-36(55)25(14-15-27(39)48)44-29(50)17-16-28(49)41-19-30(51)42-20-31(52)45-26(38(57)58)18-23-10-6-4-7-11-23/h4,6-7,10-11,16-17,21-22,24-26,32-33H,5,8-9,12-15,18-20H2,1-3H3,(H2,39,48)(H2,40,53)(H,41,49)(H,42,51)(H,43,56)(H,44,50)(H,45,52)(H,46,54)(H,47,55)(H,57,58)/b17-16+/t22-,25-,26-,32-,33-/m0/s1. The average Bonchev–Trinajstić information content (AvgIpc) is 3.17. The molecule has 5 atom stereocenters. The molecule has 0 aromatic heterocycles. The van der Waals surface area contributed by atoms with Crippen molar-refractivity contribution < 1.29 is 53.1 Å². The normalized spacial score (nSPS) is 15.4. The van der Waals surface area contributed by atoms with Crippen LogP contribution < -0.4 is 48.7 Å². The first-order valence-corrected chi connectivity index (χ1v) is 19.0. The second kappa shape index (κ2) is 24.3. The van der Waals surface area contributed by atoms with Crippen molar-refractivity contribution in [3.05, 3.63) is 48.0 Å². The number of hydrogen-bond donors (Lipinski definition) is 10. The molecule has 0 spiro atoms. The average molecular weight is 814 g/mol. The first-order chi connectivity index (χ1) is 27.4. The van der Waals surface area contributed by atoms with E-state index in [4.69, 9.17) is 11.5 Å². The van der Waals surface area contributed by atoms with E-state index in [1.807, 2.05) is 0 Å². The summed E-state index contributed by atoms with van der Waals surface area (Å²) in [7, 11) is 0. The molecule has 1 fully saturated rings. The second-order valence-electron chi connectivity index (χ2n) is 14.3. The lowest BCUT2D eigenvalue weighted by atomic mass is 9.83. The van der Waals surface area contributed by atoms with E-state index in [0.29, 0.717) is 18.4 Å². The number of carboxylic acids is 1. The van der Waals surface area contributed by atoms with Gasteiger partial charge in [0.2, 0.25) is 53.2 Å². The molecule has 318 valence electrons. The molecule has 2 rings (SSSR count). The summed E-state index contributed by atoms with van der Waals surface area (Å²) < 4.78 is 0. The minimum atomic E-state index is -1.39. The molecule has 1 aliphatic rings. The predicted octanol–water partition coefficient (Wildman–Crippen LogP) is -2.47. The van der Waals surface area contributed by atoms with Crippen LogP contribution in [0.25, 0.3) is 0 Å². The molecule has 0 unspecified atom stereocenters. The number of nitrogens with one attached hydrogen (secondary N) is 7. The van der Waals surface area contributed by atoms with Gasteiger partial charge in [0, 0.05) is 25.0 Å². The highest BCUT2D eigenvalue weighted by atomic mass is 16.4. The first-order valence-electron chi connectivity index (χ1n) is 19.0. The van der Waals surface area contributed by atoms with E-state index >= 15 is 0 Å². The van der Waals surface area contributed by atoms with Gasteiger partial charge >= 0.3 is 5.97 Å². The number of benzene rings is 1. The quantitative estimate of drug-likeness (QED) is 0.0517. The third kappa shape index (κ3) is 17.6. The molecule has 1 aromatic rings. The van der Waals surface area contributed by atoms with Crippen molar-refractivity contribution in [1.29, 1.82) is 0 Å². The van der Waals surface area contributed by atoms with E-state index in [0.717, 1.165) is 31.4 Å². The van der Waals surface area contributed by atoms with Crippen LogP contribution in [0.3, 0.4) is 0 Å². The molecular formula is C38H55N9O11. The smallest absolute Gasteiger partial charge is 0.326 e. The molecule has 12 N–H and O–H groups in total. The van der Waals surface area contributed by atoms with Crippen molar-refractivity contribution in [2.24, 2.45) is 23.3 Å². The molecule has 1 aromatic carbocycles. The molecule has 0 saturated heterocycles. The van der Waals surface area contributed by atoms with Gasteiger partial charge in [-0.25, -0.2) is 4.79 Å². The van der Waals surface area contributed by atoms with Crippen LogP contribution in [0.5, 0.6) is 0 Å². The maximum Gasteiger partial charge on any atom is 0.326 e. The van der Waals surface area contributed by atoms with Crippen LogP contribution in [0.15, 0.2) is 42.5 Å². The molecule has 9 amide bonds. The van der Waals surface area contributed by atoms with Crippen LogP contribution >= 0.6 is 0 Å². The van der Waals surface area contributed by atoms with Gasteiger partial charge in [-0.2, -0.15) is 0 Å². The summed E-state index contributed by atoms with van der Waals surface area (Å²) in [4.78, 5) is 125. The van der Waals surface area contributed by atoms with E-state index in [1.54, 1.807) is 44.2 Å². The number of amides is 9. The summed E-state index contributed by atoms with van der Waals surface area (Å²) in [5.41, 5.74) is 11.4. The minimum Gasteiger partial charge on any atom is -0.480 e. The number of carboxylic acid groups (broad SMARTS) is 1. The van der Waals surface area contributed by atoms with E-state index in [1.165, 1.54) is 6.92 Å². The third-order valence-corrected chi connectivity index (χ3v) is 9.21. The molecule has 0 radical (unpaired) electrons. The Bertz CT molecular complexity index is 1680. The number of carbonyl (C=O) groups is 10. The largest absolute Gasteiger partial charge is 0.480 e. The summed E-state index contributed by atoms with van der Waals surface area (Å²) in [5.74, 6) is -9.04. The van der Waals surface area contributed by atoms with Crippen molar-refractivity contribution in [3.63, 3.8) is 0 Å². The van der Waals surface area contributed by atoms with Crippen LogP contribution in [0.4, 0.5) is 0 Å². The molecule has 1 aliphatic carbocycles. The van der Waals surface area contributed by atoms with E-state index in [2.05, 4.69) is 37.2 Å². The molecule has 0 aliphatic heterocycles. The van der Waals surface area contributed by atoms with Crippen molar-refractivity contribution in [1.82, 2.24) is 37.2 Å². The number of aliphatic carboxylic acids is 1. The van der Waals surface area contributed by atoms with Crippen LogP contribution in [-0.4, -0.2) is 108 Å². The van der Waals surface area contributed by atoms with Gasteiger partial charge < -0.3 is 53.8 Å². The molecule has 20 nitrogen and oxygen atoms in total. The van der Waals surface area contributed by atoms with Gasteiger partial charge in [-0.1, -0.05) is 63.4 Å². The zero-order valence-electron chi connectivity index (χ0n) is 32.8. The molecule has 0 bridgehead atoms. The fourth-order valence-electron chi connectivity index (χ4n) is 6.02. The zero-order chi connectivity index (χ0) is 43.4. The Morgan fingerprint density at radius 2 is 1.33 bits per heavy atom. The lowest BCUT2D eigenvalue weighted by Crippen LogP contribution is -2.59. The fourth-order valence-corrected chi connectivity index (χ4v) is 6.02. The van der Waals surface area contributed by atoms with E-state index < -0.39 is 102 Å². The summed E-state index contributed by atoms with van der Waals surface area (Å²) >= 11 is 0. The topological polar surface area (TPSA) is 327 Å². The van der Waals surface area contributed by atoms with Gasteiger partial charge in [0.25, 0.3) is 0 Å². The SMILES string of the molecule is CC(C)[C@H](NC(=O)[C@H](C)NC(=O)[C@@H](NC(=O)[C@H](CCC(N)=O)NC(=O)/C=C/C(=O)NCC(=O)NCC(=O)N[C@@H](Cc1ccccc1)C(=O)O)C1CCCCC1)C(N)=O. The maximum atomic E-state index is 13.6. The van der Waals surface area contributed by atoms with Crippen molar-refractivity contribution in [2.75, 3.05) is 13.1 Å². The Morgan fingerprint density at radius 3 is 1.91 bits per heavy atom. The Kier molecular flexibility index (Phi) is 20.1. The predicted molar refractivity (Wildman–Crippen MR) is 207 cm³/mol. The molecular weight excluding hydrogens is 758 g/mol. The number of primary amides is 2.